The third kappa shape index (κ3) is 1.16. The minimum Gasteiger partial charge on any atom is -0.183 e. The molecule has 0 amide bonds. The van der Waals surface area contributed by atoms with E-state index in [9.17, 15) is 0 Å². The summed E-state index contributed by atoms with van der Waals surface area (Å²) in [5.41, 5.74) is 2.76. The van der Waals surface area contributed by atoms with Gasteiger partial charge in [0.2, 0.25) is 0 Å². The topological polar surface area (TPSA) is 0 Å². The second-order valence-corrected chi connectivity index (χ2v) is 2.23. The van der Waals surface area contributed by atoms with Crippen LogP contribution in [0.2, 0.25) is 0 Å². The van der Waals surface area contributed by atoms with E-state index in [4.69, 9.17) is 0 Å². The van der Waals surface area contributed by atoms with Crippen LogP contribution in [-0.2, 0) is 23.5 Å². The maximum atomic E-state index is 3.04. The first-order valence-electron chi connectivity index (χ1n) is 3.12. The molecule has 0 saturated heterocycles. The van der Waals surface area contributed by atoms with Crippen molar-refractivity contribution in [3.05, 3.63) is 41.5 Å². The minimum atomic E-state index is 0. The van der Waals surface area contributed by atoms with Gasteiger partial charge < -0.3 is 0 Å². The molecular weight excluding hydrogens is 164 g/mol. The molecule has 1 heteroatoms. The predicted molar refractivity (Wildman–Crippen MR) is 38.0 cm³/mol. The maximum absolute atomic E-state index is 3.04. The van der Waals surface area contributed by atoms with Gasteiger partial charge in [-0.15, -0.1) is 17.2 Å². The Bertz CT molecular complexity index is 251. The van der Waals surface area contributed by atoms with Crippen LogP contribution in [0.25, 0.3) is 6.08 Å². The van der Waals surface area contributed by atoms with Crippen molar-refractivity contribution in [1.29, 1.82) is 0 Å². The van der Waals surface area contributed by atoms with Crippen molar-refractivity contribution in [1.82, 2.24) is 0 Å². The van der Waals surface area contributed by atoms with E-state index in [2.05, 4.69) is 24.3 Å². The monoisotopic (exact) mass is 171 g/mol. The van der Waals surface area contributed by atoms with Crippen LogP contribution < -0.4 is 0 Å². The molecule has 0 saturated carbocycles. The van der Waals surface area contributed by atoms with Crippen molar-refractivity contribution in [3.63, 3.8) is 0 Å². The molecule has 0 heterocycles. The summed E-state index contributed by atoms with van der Waals surface area (Å²) in [7, 11) is 0. The molecule has 52 valence electrons. The molecule has 0 fully saturated rings. The summed E-state index contributed by atoms with van der Waals surface area (Å²) in [5.74, 6) is 0. The second-order valence-electron chi connectivity index (χ2n) is 2.23. The molecule has 0 atom stereocenters. The Morgan fingerprint density at radius 1 is 1.40 bits per heavy atom. The fourth-order valence-corrected chi connectivity index (χ4v) is 1.13. The van der Waals surface area contributed by atoms with Gasteiger partial charge in [-0.05, 0) is 6.42 Å². The molecule has 0 aliphatic heterocycles. The normalized spacial score (nSPS) is 12.4. The Hall–Kier alpha value is -0.521. The number of hydrogen-bond donors (Lipinski definition) is 0. The van der Waals surface area contributed by atoms with Crippen LogP contribution >= 0.6 is 0 Å². The molecule has 0 N–H and O–H groups in total. The Morgan fingerprint density at radius 2 is 2.30 bits per heavy atom. The fraction of sp³-hybridized carbons (Fsp3) is 0.111. The number of allylic oxidation sites excluding steroid dienone is 1. The summed E-state index contributed by atoms with van der Waals surface area (Å²) in [6.45, 7) is 0. The molecule has 1 aliphatic carbocycles. The van der Waals surface area contributed by atoms with E-state index in [-0.39, 0.29) is 17.1 Å². The number of rotatable bonds is 0. The van der Waals surface area contributed by atoms with Crippen molar-refractivity contribution >= 4 is 6.08 Å². The van der Waals surface area contributed by atoms with Crippen LogP contribution in [0.5, 0.6) is 0 Å². The fourth-order valence-electron chi connectivity index (χ4n) is 1.13. The van der Waals surface area contributed by atoms with E-state index in [1.165, 1.54) is 11.1 Å². The van der Waals surface area contributed by atoms with E-state index in [1.807, 2.05) is 12.1 Å². The molecule has 1 aliphatic rings. The van der Waals surface area contributed by atoms with Gasteiger partial charge in [-0.3, -0.25) is 0 Å². The van der Waals surface area contributed by atoms with Crippen LogP contribution in [0.3, 0.4) is 0 Å². The summed E-state index contributed by atoms with van der Waals surface area (Å²) < 4.78 is 0. The van der Waals surface area contributed by atoms with Crippen LogP contribution in [0.15, 0.2) is 24.3 Å². The van der Waals surface area contributed by atoms with Gasteiger partial charge in [0.1, 0.15) is 0 Å². The molecule has 0 bridgehead atoms. The molecule has 0 spiro atoms. The molecule has 0 nitrogen and oxygen atoms in total. The molecule has 1 aromatic carbocycles. The SMILES string of the molecule is [Fe].[c-]1ccc2c(c1)C=CC2. The summed E-state index contributed by atoms with van der Waals surface area (Å²) in [5, 5.41) is 0. The first kappa shape index (κ1) is 7.58. The van der Waals surface area contributed by atoms with Crippen molar-refractivity contribution < 1.29 is 17.1 Å². The zero-order valence-electron chi connectivity index (χ0n) is 5.45. The summed E-state index contributed by atoms with van der Waals surface area (Å²) in [6, 6.07) is 9.15. The molecule has 1 aromatic rings. The van der Waals surface area contributed by atoms with Crippen LogP contribution in [0.4, 0.5) is 0 Å². The Morgan fingerprint density at radius 3 is 3.10 bits per heavy atom. The predicted octanol–water partition coefficient (Wildman–Crippen LogP) is 2.05. The average molecular weight is 171 g/mol. The van der Waals surface area contributed by atoms with Crippen molar-refractivity contribution in [2.75, 3.05) is 0 Å². The van der Waals surface area contributed by atoms with Crippen molar-refractivity contribution in [2.24, 2.45) is 0 Å². The van der Waals surface area contributed by atoms with E-state index >= 15 is 0 Å². The molecular formula is C9H7Fe-. The van der Waals surface area contributed by atoms with E-state index in [1.54, 1.807) is 0 Å². The third-order valence-corrected chi connectivity index (χ3v) is 1.63. The van der Waals surface area contributed by atoms with Crippen molar-refractivity contribution in [2.45, 2.75) is 6.42 Å². The van der Waals surface area contributed by atoms with Crippen LogP contribution in [0.1, 0.15) is 11.1 Å². The maximum Gasteiger partial charge on any atom is 0 e. The standard InChI is InChI=1S/C9H7.Fe/c1-2-5-9-7-3-6-8(9)4-1;/h1,3-5,7H,6H2;/q-1;. The molecule has 0 unspecified atom stereocenters. The van der Waals surface area contributed by atoms with Gasteiger partial charge in [0, 0.05) is 17.1 Å². The van der Waals surface area contributed by atoms with Gasteiger partial charge in [-0.25, -0.2) is 0 Å². The Balaban J connectivity index is 0.000000500. The minimum absolute atomic E-state index is 0. The van der Waals surface area contributed by atoms with Gasteiger partial charge in [0.25, 0.3) is 0 Å². The van der Waals surface area contributed by atoms with Gasteiger partial charge in [-0.2, -0.15) is 24.3 Å². The van der Waals surface area contributed by atoms with Crippen LogP contribution in [0, 0.1) is 6.07 Å². The average Bonchev–Trinajstić information content (AvgIpc) is 2.33. The third-order valence-electron chi connectivity index (χ3n) is 1.63. The zero-order valence-corrected chi connectivity index (χ0v) is 6.55. The number of fused-ring (bicyclic) bond motifs is 1. The zero-order chi connectivity index (χ0) is 6.10. The largest absolute Gasteiger partial charge is 0.183 e. The Labute approximate surface area is 71.4 Å². The van der Waals surface area contributed by atoms with Gasteiger partial charge >= 0.3 is 0 Å². The van der Waals surface area contributed by atoms with Gasteiger partial charge in [0.15, 0.2) is 0 Å². The summed E-state index contributed by atoms with van der Waals surface area (Å²) in [4.78, 5) is 0. The Kier molecular flexibility index (Phi) is 2.31. The molecule has 0 aromatic heterocycles. The molecule has 10 heavy (non-hydrogen) atoms. The number of hydrogen-bond acceptors (Lipinski definition) is 0. The quantitative estimate of drug-likeness (QED) is 0.414. The molecule has 2 rings (SSSR count). The first-order chi connectivity index (χ1) is 4.47. The van der Waals surface area contributed by atoms with E-state index < -0.39 is 0 Å². The van der Waals surface area contributed by atoms with Gasteiger partial charge in [0.05, 0.1) is 0 Å². The van der Waals surface area contributed by atoms with Crippen LogP contribution in [-0.4, -0.2) is 0 Å². The summed E-state index contributed by atoms with van der Waals surface area (Å²) >= 11 is 0. The van der Waals surface area contributed by atoms with Crippen molar-refractivity contribution in [3.8, 4) is 0 Å². The number of benzene rings is 1. The summed E-state index contributed by atoms with van der Waals surface area (Å²) in [6.07, 6.45) is 5.42. The van der Waals surface area contributed by atoms with E-state index in [0.29, 0.717) is 0 Å². The van der Waals surface area contributed by atoms with E-state index in [0.717, 1.165) is 6.42 Å². The first-order valence-corrected chi connectivity index (χ1v) is 3.12. The second kappa shape index (κ2) is 3.05. The molecule has 0 radical (unpaired) electrons. The van der Waals surface area contributed by atoms with Gasteiger partial charge in [-0.1, -0.05) is 6.08 Å². The smallest absolute Gasteiger partial charge is 0 e.